The fraction of sp³-hybridized carbons (Fsp3) is 0.571. The lowest BCUT2D eigenvalue weighted by molar-refractivity contribution is -0.137. The van der Waals surface area contributed by atoms with Gasteiger partial charge in [0.15, 0.2) is 0 Å². The SMILES string of the molecule is CC(C)C(CN)C(=O)N(CCC#N)Cc1ccco1. The molecular weight excluding hydrogens is 242 g/mol. The van der Waals surface area contributed by atoms with Crippen LogP contribution in [0.3, 0.4) is 0 Å². The van der Waals surface area contributed by atoms with Crippen molar-refractivity contribution in [2.24, 2.45) is 17.6 Å². The van der Waals surface area contributed by atoms with Gasteiger partial charge in [-0.05, 0) is 18.1 Å². The lowest BCUT2D eigenvalue weighted by atomic mass is 9.94. The normalized spacial score (nSPS) is 12.2. The maximum absolute atomic E-state index is 12.4. The van der Waals surface area contributed by atoms with Crippen LogP contribution in [0.1, 0.15) is 26.0 Å². The molecular formula is C14H21N3O2. The minimum Gasteiger partial charge on any atom is -0.467 e. The van der Waals surface area contributed by atoms with Crippen molar-refractivity contribution >= 4 is 5.91 Å². The molecule has 1 heterocycles. The number of amides is 1. The second kappa shape index (κ2) is 7.59. The number of nitriles is 1. The molecule has 1 unspecified atom stereocenters. The largest absolute Gasteiger partial charge is 0.467 e. The minimum atomic E-state index is -0.214. The number of nitrogens with zero attached hydrogens (tertiary/aromatic N) is 2. The van der Waals surface area contributed by atoms with Crippen LogP contribution in [0.15, 0.2) is 22.8 Å². The van der Waals surface area contributed by atoms with Crippen LogP contribution in [-0.2, 0) is 11.3 Å². The summed E-state index contributed by atoms with van der Waals surface area (Å²) in [7, 11) is 0. The molecule has 104 valence electrons. The summed E-state index contributed by atoms with van der Waals surface area (Å²) < 4.78 is 5.26. The summed E-state index contributed by atoms with van der Waals surface area (Å²) in [5.41, 5.74) is 5.68. The van der Waals surface area contributed by atoms with E-state index in [-0.39, 0.29) is 17.7 Å². The molecule has 0 aliphatic rings. The molecule has 0 saturated heterocycles. The molecule has 0 aliphatic carbocycles. The molecule has 0 aliphatic heterocycles. The summed E-state index contributed by atoms with van der Waals surface area (Å²) in [5.74, 6) is 0.669. The Labute approximate surface area is 114 Å². The van der Waals surface area contributed by atoms with Gasteiger partial charge < -0.3 is 15.1 Å². The number of furan rings is 1. The van der Waals surface area contributed by atoms with E-state index in [0.717, 1.165) is 0 Å². The lowest BCUT2D eigenvalue weighted by Crippen LogP contribution is -2.41. The first-order valence-corrected chi connectivity index (χ1v) is 6.48. The Kier molecular flexibility index (Phi) is 6.10. The highest BCUT2D eigenvalue weighted by Gasteiger charge is 2.26. The third-order valence-corrected chi connectivity index (χ3v) is 3.11. The van der Waals surface area contributed by atoms with Crippen LogP contribution in [-0.4, -0.2) is 23.9 Å². The standard InChI is InChI=1S/C14H21N3O2/c1-11(2)13(9-16)14(18)17(7-4-6-15)10-12-5-3-8-19-12/h3,5,8,11,13H,4,7,9-10,16H2,1-2H3. The van der Waals surface area contributed by atoms with E-state index in [1.54, 1.807) is 17.2 Å². The number of carbonyl (C=O) groups is 1. The van der Waals surface area contributed by atoms with E-state index in [1.165, 1.54) is 0 Å². The zero-order valence-corrected chi connectivity index (χ0v) is 11.5. The van der Waals surface area contributed by atoms with Gasteiger partial charge in [0.2, 0.25) is 5.91 Å². The fourth-order valence-corrected chi connectivity index (χ4v) is 1.94. The van der Waals surface area contributed by atoms with Crippen LogP contribution in [0.25, 0.3) is 0 Å². The molecule has 5 nitrogen and oxygen atoms in total. The van der Waals surface area contributed by atoms with Crippen molar-refractivity contribution in [2.75, 3.05) is 13.1 Å². The average molecular weight is 263 g/mol. The Morgan fingerprint density at radius 3 is 2.79 bits per heavy atom. The highest BCUT2D eigenvalue weighted by molar-refractivity contribution is 5.79. The Hall–Kier alpha value is -1.80. The van der Waals surface area contributed by atoms with Gasteiger partial charge in [-0.3, -0.25) is 4.79 Å². The fourth-order valence-electron chi connectivity index (χ4n) is 1.94. The second-order valence-electron chi connectivity index (χ2n) is 4.83. The maximum atomic E-state index is 12.4. The highest BCUT2D eigenvalue weighted by Crippen LogP contribution is 2.16. The second-order valence-corrected chi connectivity index (χ2v) is 4.83. The Morgan fingerprint density at radius 1 is 1.58 bits per heavy atom. The van der Waals surface area contributed by atoms with Gasteiger partial charge in [0.25, 0.3) is 0 Å². The van der Waals surface area contributed by atoms with Crippen molar-refractivity contribution in [2.45, 2.75) is 26.8 Å². The summed E-state index contributed by atoms with van der Waals surface area (Å²) in [4.78, 5) is 14.1. The summed E-state index contributed by atoms with van der Waals surface area (Å²) in [5, 5.41) is 8.69. The molecule has 5 heteroatoms. The van der Waals surface area contributed by atoms with Gasteiger partial charge in [-0.2, -0.15) is 5.26 Å². The van der Waals surface area contributed by atoms with Crippen LogP contribution in [0.5, 0.6) is 0 Å². The monoisotopic (exact) mass is 263 g/mol. The Balaban J connectivity index is 2.77. The van der Waals surface area contributed by atoms with Crippen molar-refractivity contribution < 1.29 is 9.21 Å². The Bertz CT molecular complexity index is 420. The van der Waals surface area contributed by atoms with Gasteiger partial charge in [0.05, 0.1) is 31.2 Å². The summed E-state index contributed by atoms with van der Waals surface area (Å²) >= 11 is 0. The van der Waals surface area contributed by atoms with Crippen LogP contribution in [0.4, 0.5) is 0 Å². The van der Waals surface area contributed by atoms with E-state index < -0.39 is 0 Å². The molecule has 19 heavy (non-hydrogen) atoms. The molecule has 1 atom stereocenters. The van der Waals surface area contributed by atoms with E-state index in [1.807, 2.05) is 19.9 Å². The zero-order chi connectivity index (χ0) is 14.3. The molecule has 1 aromatic heterocycles. The quantitative estimate of drug-likeness (QED) is 0.812. The van der Waals surface area contributed by atoms with Crippen molar-refractivity contribution in [3.05, 3.63) is 24.2 Å². The molecule has 1 aromatic rings. The highest BCUT2D eigenvalue weighted by atomic mass is 16.3. The van der Waals surface area contributed by atoms with Gasteiger partial charge >= 0.3 is 0 Å². The van der Waals surface area contributed by atoms with E-state index in [2.05, 4.69) is 6.07 Å². The van der Waals surface area contributed by atoms with E-state index in [9.17, 15) is 4.79 Å². The summed E-state index contributed by atoms with van der Waals surface area (Å²) in [6.07, 6.45) is 1.88. The van der Waals surface area contributed by atoms with Crippen LogP contribution in [0.2, 0.25) is 0 Å². The summed E-state index contributed by atoms with van der Waals surface area (Å²) in [6.45, 7) is 5.06. The lowest BCUT2D eigenvalue weighted by Gasteiger charge is -2.27. The summed E-state index contributed by atoms with van der Waals surface area (Å²) in [6, 6.07) is 5.66. The topological polar surface area (TPSA) is 83.3 Å². The molecule has 0 spiro atoms. The van der Waals surface area contributed by atoms with Gasteiger partial charge in [0.1, 0.15) is 5.76 Å². The number of nitrogens with two attached hydrogens (primary N) is 1. The first kappa shape index (κ1) is 15.3. The number of hydrogen-bond acceptors (Lipinski definition) is 4. The first-order chi connectivity index (χ1) is 9.10. The molecule has 0 saturated carbocycles. The third kappa shape index (κ3) is 4.42. The number of rotatable bonds is 7. The predicted octanol–water partition coefficient (Wildman–Crippen LogP) is 1.75. The first-order valence-electron chi connectivity index (χ1n) is 6.48. The van der Waals surface area contributed by atoms with Gasteiger partial charge in [-0.25, -0.2) is 0 Å². The molecule has 1 amide bonds. The average Bonchev–Trinajstić information content (AvgIpc) is 2.87. The molecule has 0 bridgehead atoms. The molecule has 0 fully saturated rings. The van der Waals surface area contributed by atoms with E-state index in [4.69, 9.17) is 15.4 Å². The Morgan fingerprint density at radius 2 is 2.32 bits per heavy atom. The van der Waals surface area contributed by atoms with Crippen molar-refractivity contribution in [1.29, 1.82) is 5.26 Å². The van der Waals surface area contributed by atoms with Gasteiger partial charge in [0, 0.05) is 13.1 Å². The van der Waals surface area contributed by atoms with Crippen LogP contribution in [0, 0.1) is 23.2 Å². The molecule has 0 aromatic carbocycles. The smallest absolute Gasteiger partial charge is 0.227 e. The van der Waals surface area contributed by atoms with E-state index >= 15 is 0 Å². The van der Waals surface area contributed by atoms with Crippen LogP contribution < -0.4 is 5.73 Å². The minimum absolute atomic E-state index is 0.0100. The van der Waals surface area contributed by atoms with Crippen molar-refractivity contribution in [3.8, 4) is 6.07 Å². The van der Waals surface area contributed by atoms with Crippen molar-refractivity contribution in [3.63, 3.8) is 0 Å². The van der Waals surface area contributed by atoms with E-state index in [0.29, 0.717) is 31.8 Å². The van der Waals surface area contributed by atoms with Crippen LogP contribution >= 0.6 is 0 Å². The molecule has 2 N–H and O–H groups in total. The molecule has 1 rings (SSSR count). The molecule has 0 radical (unpaired) electrons. The van der Waals surface area contributed by atoms with Gasteiger partial charge in [-0.15, -0.1) is 0 Å². The van der Waals surface area contributed by atoms with Crippen molar-refractivity contribution in [1.82, 2.24) is 4.90 Å². The van der Waals surface area contributed by atoms with Gasteiger partial charge in [-0.1, -0.05) is 13.8 Å². The zero-order valence-electron chi connectivity index (χ0n) is 11.5. The predicted molar refractivity (Wildman–Crippen MR) is 71.7 cm³/mol. The third-order valence-electron chi connectivity index (χ3n) is 3.11. The maximum Gasteiger partial charge on any atom is 0.227 e. The number of carbonyl (C=O) groups excluding carboxylic acids is 1. The number of hydrogen-bond donors (Lipinski definition) is 1.